The number of ether oxygens (including phenoxy) is 1. The topological polar surface area (TPSA) is 47.0 Å². The fourth-order valence-corrected chi connectivity index (χ4v) is 1.96. The molecule has 0 radical (unpaired) electrons. The van der Waals surface area contributed by atoms with Crippen molar-refractivity contribution in [1.82, 2.24) is 15.3 Å². The highest BCUT2D eigenvalue weighted by atomic mass is 19.1. The standard InChI is InChI=1S/C16H20FN3O/c1-10(2)18-9-13-7-11(3)19-16(20-13)12-5-6-14(17)15(8-12)21-4/h5-8,10,18H,9H2,1-4H3. The predicted octanol–water partition coefficient (Wildman–Crippen LogP) is 3.10. The average Bonchev–Trinajstić information content (AvgIpc) is 2.45. The van der Waals surface area contributed by atoms with Crippen molar-refractivity contribution in [2.45, 2.75) is 33.4 Å². The quantitative estimate of drug-likeness (QED) is 0.919. The van der Waals surface area contributed by atoms with E-state index in [1.165, 1.54) is 13.2 Å². The van der Waals surface area contributed by atoms with E-state index >= 15 is 0 Å². The predicted molar refractivity (Wildman–Crippen MR) is 80.7 cm³/mol. The van der Waals surface area contributed by atoms with E-state index in [1.54, 1.807) is 12.1 Å². The number of aryl methyl sites for hydroxylation is 1. The summed E-state index contributed by atoms with van der Waals surface area (Å²) in [4.78, 5) is 8.95. The van der Waals surface area contributed by atoms with E-state index in [0.717, 1.165) is 17.0 Å². The number of hydrogen-bond donors (Lipinski definition) is 1. The van der Waals surface area contributed by atoms with Gasteiger partial charge in [-0.2, -0.15) is 0 Å². The fourth-order valence-electron chi connectivity index (χ4n) is 1.96. The van der Waals surface area contributed by atoms with Crippen LogP contribution in [-0.2, 0) is 6.54 Å². The Morgan fingerprint density at radius 1 is 1.24 bits per heavy atom. The van der Waals surface area contributed by atoms with Crippen LogP contribution in [-0.4, -0.2) is 23.1 Å². The van der Waals surface area contributed by atoms with Gasteiger partial charge in [0.05, 0.1) is 12.8 Å². The van der Waals surface area contributed by atoms with Gasteiger partial charge in [0, 0.05) is 23.8 Å². The maximum atomic E-state index is 13.5. The SMILES string of the molecule is COc1cc(-c2nc(C)cc(CNC(C)C)n2)ccc1F. The minimum absolute atomic E-state index is 0.194. The number of nitrogens with one attached hydrogen (secondary N) is 1. The lowest BCUT2D eigenvalue weighted by Gasteiger charge is -2.10. The third kappa shape index (κ3) is 3.98. The van der Waals surface area contributed by atoms with Crippen molar-refractivity contribution in [3.05, 3.63) is 41.5 Å². The van der Waals surface area contributed by atoms with Crippen molar-refractivity contribution >= 4 is 0 Å². The number of rotatable bonds is 5. The number of methoxy groups -OCH3 is 1. The van der Waals surface area contributed by atoms with Crippen LogP contribution in [0.5, 0.6) is 5.75 Å². The van der Waals surface area contributed by atoms with Crippen molar-refractivity contribution in [2.75, 3.05) is 7.11 Å². The molecular weight excluding hydrogens is 269 g/mol. The molecule has 0 unspecified atom stereocenters. The second kappa shape index (κ2) is 6.63. The van der Waals surface area contributed by atoms with E-state index in [1.807, 2.05) is 13.0 Å². The maximum Gasteiger partial charge on any atom is 0.165 e. The Labute approximate surface area is 124 Å². The molecule has 0 amide bonds. The van der Waals surface area contributed by atoms with E-state index in [4.69, 9.17) is 4.74 Å². The normalized spacial score (nSPS) is 11.0. The van der Waals surface area contributed by atoms with Crippen LogP contribution in [0, 0.1) is 12.7 Å². The minimum atomic E-state index is -0.393. The molecule has 0 atom stereocenters. The van der Waals surface area contributed by atoms with Gasteiger partial charge in [-0.25, -0.2) is 14.4 Å². The molecule has 0 bridgehead atoms. The van der Waals surface area contributed by atoms with Crippen LogP contribution in [0.1, 0.15) is 25.2 Å². The Bertz CT molecular complexity index is 629. The Balaban J connectivity index is 2.35. The molecule has 1 aromatic carbocycles. The molecule has 112 valence electrons. The van der Waals surface area contributed by atoms with Crippen molar-refractivity contribution in [3.8, 4) is 17.1 Å². The minimum Gasteiger partial charge on any atom is -0.494 e. The molecule has 5 heteroatoms. The van der Waals surface area contributed by atoms with Gasteiger partial charge >= 0.3 is 0 Å². The van der Waals surface area contributed by atoms with Gasteiger partial charge in [0.2, 0.25) is 0 Å². The van der Waals surface area contributed by atoms with Crippen molar-refractivity contribution in [3.63, 3.8) is 0 Å². The number of aromatic nitrogens is 2. The van der Waals surface area contributed by atoms with Crippen LogP contribution < -0.4 is 10.1 Å². The summed E-state index contributed by atoms with van der Waals surface area (Å²) in [6, 6.07) is 6.97. The molecule has 0 saturated carbocycles. The molecule has 4 nitrogen and oxygen atoms in total. The van der Waals surface area contributed by atoms with E-state index in [-0.39, 0.29) is 5.75 Å². The third-order valence-electron chi connectivity index (χ3n) is 3.01. The van der Waals surface area contributed by atoms with Gasteiger partial charge < -0.3 is 10.1 Å². The van der Waals surface area contributed by atoms with Crippen LogP contribution in [0.25, 0.3) is 11.4 Å². The van der Waals surface area contributed by atoms with Gasteiger partial charge in [-0.05, 0) is 31.2 Å². The molecule has 1 aromatic heterocycles. The van der Waals surface area contributed by atoms with Crippen LogP contribution in [0.3, 0.4) is 0 Å². The molecule has 1 heterocycles. The molecule has 0 aliphatic rings. The second-order valence-corrected chi connectivity index (χ2v) is 5.21. The molecule has 2 aromatic rings. The molecule has 0 aliphatic carbocycles. The molecule has 21 heavy (non-hydrogen) atoms. The van der Waals surface area contributed by atoms with E-state index in [0.29, 0.717) is 18.4 Å². The number of hydrogen-bond acceptors (Lipinski definition) is 4. The monoisotopic (exact) mass is 289 g/mol. The summed E-state index contributed by atoms with van der Waals surface area (Å²) in [5, 5.41) is 3.32. The van der Waals surface area contributed by atoms with Crippen LogP contribution in [0.4, 0.5) is 4.39 Å². The Morgan fingerprint density at radius 2 is 2.00 bits per heavy atom. The van der Waals surface area contributed by atoms with Gasteiger partial charge in [-0.15, -0.1) is 0 Å². The lowest BCUT2D eigenvalue weighted by atomic mass is 10.2. The molecule has 0 aliphatic heterocycles. The summed E-state index contributed by atoms with van der Waals surface area (Å²) in [6.07, 6.45) is 0. The fraction of sp³-hybridized carbons (Fsp3) is 0.375. The highest BCUT2D eigenvalue weighted by molar-refractivity contribution is 5.58. The molecule has 0 fully saturated rings. The number of nitrogens with zero attached hydrogens (tertiary/aromatic N) is 2. The number of benzene rings is 1. The number of halogens is 1. The molecule has 0 saturated heterocycles. The van der Waals surface area contributed by atoms with E-state index < -0.39 is 5.82 Å². The van der Waals surface area contributed by atoms with Crippen LogP contribution in [0.2, 0.25) is 0 Å². The lowest BCUT2D eigenvalue weighted by molar-refractivity contribution is 0.386. The highest BCUT2D eigenvalue weighted by Gasteiger charge is 2.09. The van der Waals surface area contributed by atoms with Crippen LogP contribution >= 0.6 is 0 Å². The zero-order valence-corrected chi connectivity index (χ0v) is 12.8. The Hall–Kier alpha value is -2.01. The third-order valence-corrected chi connectivity index (χ3v) is 3.01. The zero-order valence-electron chi connectivity index (χ0n) is 12.8. The summed E-state index contributed by atoms with van der Waals surface area (Å²) in [5.41, 5.74) is 2.53. The van der Waals surface area contributed by atoms with Gasteiger partial charge in [0.15, 0.2) is 17.4 Å². The molecule has 0 spiro atoms. The zero-order chi connectivity index (χ0) is 15.4. The van der Waals surface area contributed by atoms with E-state index in [9.17, 15) is 4.39 Å². The van der Waals surface area contributed by atoms with Crippen molar-refractivity contribution in [1.29, 1.82) is 0 Å². The van der Waals surface area contributed by atoms with Gasteiger partial charge in [-0.1, -0.05) is 13.8 Å². The molecule has 2 rings (SSSR count). The average molecular weight is 289 g/mol. The van der Waals surface area contributed by atoms with Crippen molar-refractivity contribution in [2.24, 2.45) is 0 Å². The first-order valence-electron chi connectivity index (χ1n) is 6.91. The summed E-state index contributed by atoms with van der Waals surface area (Å²) in [7, 11) is 1.44. The lowest BCUT2D eigenvalue weighted by Crippen LogP contribution is -2.22. The first-order valence-corrected chi connectivity index (χ1v) is 6.91. The Kier molecular flexibility index (Phi) is 4.85. The second-order valence-electron chi connectivity index (χ2n) is 5.21. The van der Waals surface area contributed by atoms with Crippen LogP contribution in [0.15, 0.2) is 24.3 Å². The first-order chi connectivity index (χ1) is 9.99. The summed E-state index contributed by atoms with van der Waals surface area (Å²) in [6.45, 7) is 6.76. The summed E-state index contributed by atoms with van der Waals surface area (Å²) >= 11 is 0. The first kappa shape index (κ1) is 15.4. The highest BCUT2D eigenvalue weighted by Crippen LogP contribution is 2.24. The van der Waals surface area contributed by atoms with Gasteiger partial charge in [0.1, 0.15) is 0 Å². The van der Waals surface area contributed by atoms with Gasteiger partial charge in [-0.3, -0.25) is 0 Å². The maximum absolute atomic E-state index is 13.5. The summed E-state index contributed by atoms with van der Waals surface area (Å²) in [5.74, 6) is 0.379. The summed E-state index contributed by atoms with van der Waals surface area (Å²) < 4.78 is 18.5. The Morgan fingerprint density at radius 3 is 2.67 bits per heavy atom. The molecule has 1 N–H and O–H groups in total. The largest absolute Gasteiger partial charge is 0.494 e. The van der Waals surface area contributed by atoms with Gasteiger partial charge in [0.25, 0.3) is 0 Å². The smallest absolute Gasteiger partial charge is 0.165 e. The molecular formula is C16H20FN3O. The van der Waals surface area contributed by atoms with Crippen molar-refractivity contribution < 1.29 is 9.13 Å². The van der Waals surface area contributed by atoms with E-state index in [2.05, 4.69) is 29.1 Å².